The zero-order valence-corrected chi connectivity index (χ0v) is 6.73. The lowest BCUT2D eigenvalue weighted by molar-refractivity contribution is 0.394. The summed E-state index contributed by atoms with van der Waals surface area (Å²) in [7, 11) is 1.55. The molecule has 11 heavy (non-hydrogen) atoms. The van der Waals surface area contributed by atoms with Crippen LogP contribution in [-0.4, -0.2) is 7.11 Å². The summed E-state index contributed by atoms with van der Waals surface area (Å²) in [6.45, 7) is 1.48. The van der Waals surface area contributed by atoms with Crippen molar-refractivity contribution in [2.45, 2.75) is 13.6 Å². The fourth-order valence-corrected chi connectivity index (χ4v) is 0.962. The molecule has 60 valence electrons. The summed E-state index contributed by atoms with van der Waals surface area (Å²) >= 11 is 0. The highest BCUT2D eigenvalue weighted by Crippen LogP contribution is 2.20. The molecule has 0 heterocycles. The molecular formula is C9H11FO. The highest BCUT2D eigenvalue weighted by Gasteiger charge is 2.00. The maximum atomic E-state index is 12.2. The van der Waals surface area contributed by atoms with Crippen LogP contribution in [0.5, 0.6) is 5.75 Å². The molecule has 0 spiro atoms. The maximum Gasteiger partial charge on any atom is 0.124 e. The van der Waals surface area contributed by atoms with E-state index in [0.717, 1.165) is 5.56 Å². The van der Waals surface area contributed by atoms with Gasteiger partial charge in [-0.3, -0.25) is 0 Å². The number of halogens is 1. The molecule has 2 heteroatoms. The first kappa shape index (κ1) is 8.05. The van der Waals surface area contributed by atoms with E-state index in [1.165, 1.54) is 0 Å². The predicted molar refractivity (Wildman–Crippen MR) is 42.5 cm³/mol. The highest BCUT2D eigenvalue weighted by molar-refractivity contribution is 5.36. The topological polar surface area (TPSA) is 9.23 Å². The lowest BCUT2D eigenvalue weighted by atomic mass is 10.1. The fourth-order valence-electron chi connectivity index (χ4n) is 0.962. The predicted octanol–water partition coefficient (Wildman–Crippen LogP) is 2.47. The van der Waals surface area contributed by atoms with Crippen LogP contribution in [0.25, 0.3) is 0 Å². The normalized spacial score (nSPS) is 9.73. The van der Waals surface area contributed by atoms with Crippen molar-refractivity contribution in [1.29, 1.82) is 0 Å². The minimum Gasteiger partial charge on any atom is -0.496 e. The molecule has 0 amide bonds. The molecular weight excluding hydrogens is 143 g/mol. The molecule has 0 aromatic heterocycles. The Morgan fingerprint density at radius 2 is 2.18 bits per heavy atom. The quantitative estimate of drug-likeness (QED) is 0.635. The van der Waals surface area contributed by atoms with Gasteiger partial charge in [0.25, 0.3) is 0 Å². The van der Waals surface area contributed by atoms with Crippen molar-refractivity contribution in [3.05, 3.63) is 29.3 Å². The fraction of sp³-hybridized carbons (Fsp3) is 0.333. The van der Waals surface area contributed by atoms with E-state index in [2.05, 4.69) is 0 Å². The van der Waals surface area contributed by atoms with Gasteiger partial charge in [0.05, 0.1) is 7.11 Å². The number of rotatable bonds is 2. The van der Waals surface area contributed by atoms with E-state index in [1.807, 2.05) is 19.1 Å². The molecule has 1 rings (SSSR count). The van der Waals surface area contributed by atoms with Crippen molar-refractivity contribution in [1.82, 2.24) is 0 Å². The van der Waals surface area contributed by atoms with E-state index in [4.69, 9.17) is 4.74 Å². The first-order chi connectivity index (χ1) is 5.27. The van der Waals surface area contributed by atoms with Crippen molar-refractivity contribution < 1.29 is 9.13 Å². The second-order valence-corrected chi connectivity index (χ2v) is 2.45. The molecule has 0 radical (unpaired) electrons. The minimum atomic E-state index is -0.469. The average Bonchev–Trinajstić information content (AvgIpc) is 2.04. The van der Waals surface area contributed by atoms with Gasteiger partial charge < -0.3 is 4.74 Å². The van der Waals surface area contributed by atoms with Crippen LogP contribution in [0.2, 0.25) is 0 Å². The largest absolute Gasteiger partial charge is 0.496 e. The van der Waals surface area contributed by atoms with Gasteiger partial charge in [0.1, 0.15) is 12.4 Å². The number of aryl methyl sites for hydroxylation is 1. The van der Waals surface area contributed by atoms with E-state index < -0.39 is 6.67 Å². The number of alkyl halides is 1. The number of benzene rings is 1. The molecule has 0 N–H and O–H groups in total. The molecule has 0 aliphatic rings. The minimum absolute atomic E-state index is 0.469. The zero-order chi connectivity index (χ0) is 8.27. The smallest absolute Gasteiger partial charge is 0.124 e. The summed E-state index contributed by atoms with van der Waals surface area (Å²) < 4.78 is 17.2. The Morgan fingerprint density at radius 3 is 2.73 bits per heavy atom. The summed E-state index contributed by atoms with van der Waals surface area (Å²) in [5.74, 6) is 0.632. The van der Waals surface area contributed by atoms with Crippen molar-refractivity contribution in [2.24, 2.45) is 0 Å². The number of ether oxygens (including phenoxy) is 1. The van der Waals surface area contributed by atoms with Crippen LogP contribution in [0.3, 0.4) is 0 Å². The van der Waals surface area contributed by atoms with Crippen LogP contribution in [0.4, 0.5) is 4.39 Å². The van der Waals surface area contributed by atoms with Crippen LogP contribution >= 0.6 is 0 Å². The number of hydrogen-bond donors (Lipinski definition) is 0. The Bertz CT molecular complexity index is 245. The Hall–Kier alpha value is -1.05. The second kappa shape index (κ2) is 3.37. The summed E-state index contributed by atoms with van der Waals surface area (Å²) in [6, 6.07) is 5.44. The van der Waals surface area contributed by atoms with Gasteiger partial charge >= 0.3 is 0 Å². The van der Waals surface area contributed by atoms with E-state index >= 15 is 0 Å². The molecule has 1 nitrogen and oxygen atoms in total. The van der Waals surface area contributed by atoms with Gasteiger partial charge in [0, 0.05) is 5.56 Å². The van der Waals surface area contributed by atoms with Crippen molar-refractivity contribution in [3.63, 3.8) is 0 Å². The van der Waals surface area contributed by atoms with Crippen molar-refractivity contribution in [3.8, 4) is 5.75 Å². The molecule has 1 aromatic rings. The van der Waals surface area contributed by atoms with E-state index in [-0.39, 0.29) is 0 Å². The number of methoxy groups -OCH3 is 1. The Labute approximate surface area is 65.8 Å². The van der Waals surface area contributed by atoms with Crippen molar-refractivity contribution >= 4 is 0 Å². The number of hydrogen-bond acceptors (Lipinski definition) is 1. The first-order valence-corrected chi connectivity index (χ1v) is 3.47. The average molecular weight is 154 g/mol. The van der Waals surface area contributed by atoms with Crippen LogP contribution in [0, 0.1) is 6.92 Å². The molecule has 0 saturated carbocycles. The Balaban J connectivity index is 3.06. The third kappa shape index (κ3) is 1.70. The summed E-state index contributed by atoms with van der Waals surface area (Å²) in [5, 5.41) is 0. The molecule has 0 fully saturated rings. The molecule has 0 aliphatic carbocycles. The van der Waals surface area contributed by atoms with Crippen LogP contribution in [0.15, 0.2) is 18.2 Å². The Kier molecular flexibility index (Phi) is 2.47. The second-order valence-electron chi connectivity index (χ2n) is 2.45. The van der Waals surface area contributed by atoms with Gasteiger partial charge in [0.2, 0.25) is 0 Å². The molecule has 0 aliphatic heterocycles. The highest BCUT2D eigenvalue weighted by atomic mass is 19.1. The van der Waals surface area contributed by atoms with Gasteiger partial charge in [-0.2, -0.15) is 0 Å². The van der Waals surface area contributed by atoms with E-state index in [9.17, 15) is 4.39 Å². The third-order valence-electron chi connectivity index (χ3n) is 1.59. The van der Waals surface area contributed by atoms with Gasteiger partial charge in [-0.05, 0) is 18.6 Å². The standard InChI is InChI=1S/C9H11FO/c1-7-3-4-8(6-10)9(5-7)11-2/h3-5H,6H2,1-2H3. The summed E-state index contributed by atoms with van der Waals surface area (Å²) in [6.07, 6.45) is 0. The maximum absolute atomic E-state index is 12.2. The van der Waals surface area contributed by atoms with Crippen LogP contribution in [-0.2, 0) is 6.67 Å². The van der Waals surface area contributed by atoms with Gasteiger partial charge in [-0.15, -0.1) is 0 Å². The van der Waals surface area contributed by atoms with Gasteiger partial charge in [-0.1, -0.05) is 12.1 Å². The Morgan fingerprint density at radius 1 is 1.45 bits per heavy atom. The lowest BCUT2D eigenvalue weighted by Gasteiger charge is -2.05. The molecule has 0 unspecified atom stereocenters. The molecule has 0 atom stereocenters. The van der Waals surface area contributed by atoms with Crippen molar-refractivity contribution in [2.75, 3.05) is 7.11 Å². The lowest BCUT2D eigenvalue weighted by Crippen LogP contribution is -1.89. The van der Waals surface area contributed by atoms with Crippen LogP contribution in [0.1, 0.15) is 11.1 Å². The third-order valence-corrected chi connectivity index (χ3v) is 1.59. The zero-order valence-electron chi connectivity index (χ0n) is 6.73. The van der Waals surface area contributed by atoms with Gasteiger partial charge in [0.15, 0.2) is 0 Å². The SMILES string of the molecule is COc1cc(C)ccc1CF. The van der Waals surface area contributed by atoms with Gasteiger partial charge in [-0.25, -0.2) is 4.39 Å². The first-order valence-electron chi connectivity index (χ1n) is 3.47. The van der Waals surface area contributed by atoms with E-state index in [1.54, 1.807) is 13.2 Å². The molecule has 0 bridgehead atoms. The molecule has 0 saturated heterocycles. The summed E-state index contributed by atoms with van der Waals surface area (Å²) in [5.41, 5.74) is 1.69. The summed E-state index contributed by atoms with van der Waals surface area (Å²) in [4.78, 5) is 0. The molecule has 1 aromatic carbocycles. The van der Waals surface area contributed by atoms with Crippen LogP contribution < -0.4 is 4.74 Å². The monoisotopic (exact) mass is 154 g/mol. The van der Waals surface area contributed by atoms with E-state index in [0.29, 0.717) is 11.3 Å².